The van der Waals surface area contributed by atoms with E-state index < -0.39 is 0 Å². The van der Waals surface area contributed by atoms with Crippen LogP contribution in [0.5, 0.6) is 0 Å². The summed E-state index contributed by atoms with van der Waals surface area (Å²) in [5, 5.41) is 3.52. The van der Waals surface area contributed by atoms with Crippen molar-refractivity contribution >= 4 is 17.5 Å². The molecule has 1 aromatic heterocycles. The van der Waals surface area contributed by atoms with Crippen LogP contribution in [0.3, 0.4) is 0 Å². The Morgan fingerprint density at radius 1 is 1.38 bits per heavy atom. The number of piperidine rings is 1. The van der Waals surface area contributed by atoms with Gasteiger partial charge in [0.05, 0.1) is 0 Å². The van der Waals surface area contributed by atoms with E-state index in [0.29, 0.717) is 10.7 Å². The van der Waals surface area contributed by atoms with Crippen LogP contribution in [-0.2, 0) is 6.42 Å². The molecule has 2 heterocycles. The predicted octanol–water partition coefficient (Wildman–Crippen LogP) is 2.90. The predicted molar refractivity (Wildman–Crippen MR) is 85.8 cm³/mol. The second-order valence-electron chi connectivity index (χ2n) is 5.60. The maximum atomic E-state index is 12.4. The van der Waals surface area contributed by atoms with Crippen LogP contribution in [0.4, 0.5) is 0 Å². The van der Waals surface area contributed by atoms with Gasteiger partial charge in [-0.25, -0.2) is 4.98 Å². The van der Waals surface area contributed by atoms with Gasteiger partial charge in [-0.3, -0.25) is 4.79 Å². The van der Waals surface area contributed by atoms with Gasteiger partial charge in [0.2, 0.25) is 0 Å². The van der Waals surface area contributed by atoms with Crippen LogP contribution in [-0.4, -0.2) is 41.5 Å². The molecule has 2 rings (SSSR count). The first-order chi connectivity index (χ1) is 10.1. The molecule has 0 atom stereocenters. The van der Waals surface area contributed by atoms with Crippen LogP contribution in [0.2, 0.25) is 5.15 Å². The van der Waals surface area contributed by atoms with Crippen LogP contribution in [0.1, 0.15) is 49.2 Å². The molecule has 1 amide bonds. The van der Waals surface area contributed by atoms with Crippen molar-refractivity contribution in [3.63, 3.8) is 0 Å². The van der Waals surface area contributed by atoms with E-state index in [9.17, 15) is 4.79 Å². The standard InChI is InChI=1S/C16H24ClN3O/c1-3-5-14-10-12(11-15(17)18-14)16(21)19-13-6-8-20(4-2)9-7-13/h10-11,13H,3-9H2,1-2H3,(H,19,21). The second-order valence-corrected chi connectivity index (χ2v) is 5.99. The number of amides is 1. The van der Waals surface area contributed by atoms with Crippen molar-refractivity contribution in [3.8, 4) is 0 Å². The van der Waals surface area contributed by atoms with Crippen molar-refractivity contribution in [1.29, 1.82) is 0 Å². The molecule has 0 radical (unpaired) electrons. The minimum Gasteiger partial charge on any atom is -0.349 e. The zero-order valence-corrected chi connectivity index (χ0v) is 13.6. The summed E-state index contributed by atoms with van der Waals surface area (Å²) in [6, 6.07) is 3.77. The van der Waals surface area contributed by atoms with Crippen molar-refractivity contribution in [2.45, 2.75) is 45.6 Å². The highest BCUT2D eigenvalue weighted by molar-refractivity contribution is 6.29. The zero-order chi connectivity index (χ0) is 15.2. The number of pyridine rings is 1. The van der Waals surface area contributed by atoms with E-state index in [-0.39, 0.29) is 11.9 Å². The molecule has 1 aliphatic heterocycles. The number of aromatic nitrogens is 1. The number of rotatable bonds is 5. The highest BCUT2D eigenvalue weighted by atomic mass is 35.5. The van der Waals surface area contributed by atoms with Gasteiger partial charge in [-0.15, -0.1) is 0 Å². The van der Waals surface area contributed by atoms with Crippen molar-refractivity contribution < 1.29 is 4.79 Å². The number of carbonyl (C=O) groups is 1. The lowest BCUT2D eigenvalue weighted by molar-refractivity contribution is 0.0912. The third-order valence-electron chi connectivity index (χ3n) is 3.99. The third-order valence-corrected chi connectivity index (χ3v) is 4.18. The number of hydrogen-bond donors (Lipinski definition) is 1. The lowest BCUT2D eigenvalue weighted by Gasteiger charge is -2.31. The van der Waals surface area contributed by atoms with Gasteiger partial charge in [-0.05, 0) is 37.9 Å². The van der Waals surface area contributed by atoms with Crippen LogP contribution in [0.25, 0.3) is 0 Å². The fourth-order valence-electron chi connectivity index (χ4n) is 2.73. The van der Waals surface area contributed by atoms with Crippen molar-refractivity contribution in [3.05, 3.63) is 28.5 Å². The Morgan fingerprint density at radius 2 is 2.10 bits per heavy atom. The van der Waals surface area contributed by atoms with Gasteiger partial charge in [0.1, 0.15) is 5.15 Å². The van der Waals surface area contributed by atoms with Gasteiger partial charge < -0.3 is 10.2 Å². The Morgan fingerprint density at radius 3 is 2.71 bits per heavy atom. The average Bonchev–Trinajstić information content (AvgIpc) is 2.48. The largest absolute Gasteiger partial charge is 0.349 e. The maximum absolute atomic E-state index is 12.4. The molecule has 0 saturated carbocycles. The molecule has 0 bridgehead atoms. The van der Waals surface area contributed by atoms with Crippen LogP contribution >= 0.6 is 11.6 Å². The summed E-state index contributed by atoms with van der Waals surface area (Å²) in [7, 11) is 0. The number of carbonyl (C=O) groups excluding carboxylic acids is 1. The molecule has 5 heteroatoms. The first-order valence-corrected chi connectivity index (χ1v) is 8.19. The molecule has 0 aromatic carbocycles. The molecule has 1 aromatic rings. The lowest BCUT2D eigenvalue weighted by atomic mass is 10.0. The quantitative estimate of drug-likeness (QED) is 0.851. The molecule has 4 nitrogen and oxygen atoms in total. The first kappa shape index (κ1) is 16.2. The average molecular weight is 310 g/mol. The van der Waals surface area contributed by atoms with Gasteiger partial charge in [0.15, 0.2) is 0 Å². The van der Waals surface area contributed by atoms with Crippen molar-refractivity contribution in [1.82, 2.24) is 15.2 Å². The molecule has 1 N–H and O–H groups in total. The summed E-state index contributed by atoms with van der Waals surface area (Å²) in [6.45, 7) is 7.46. The van der Waals surface area contributed by atoms with Crippen LogP contribution in [0.15, 0.2) is 12.1 Å². The summed E-state index contributed by atoms with van der Waals surface area (Å²) in [5.41, 5.74) is 1.51. The SMILES string of the molecule is CCCc1cc(C(=O)NC2CCN(CC)CC2)cc(Cl)n1. The molecule has 21 heavy (non-hydrogen) atoms. The van der Waals surface area contributed by atoms with E-state index in [0.717, 1.165) is 51.0 Å². The molecular formula is C16H24ClN3O. The molecular weight excluding hydrogens is 286 g/mol. The van der Waals surface area contributed by atoms with Gasteiger partial charge in [0.25, 0.3) is 5.91 Å². The highest BCUT2D eigenvalue weighted by Crippen LogP contribution is 2.14. The monoisotopic (exact) mass is 309 g/mol. The third kappa shape index (κ3) is 4.68. The minimum atomic E-state index is -0.0356. The molecule has 0 unspecified atom stereocenters. The lowest BCUT2D eigenvalue weighted by Crippen LogP contribution is -2.44. The molecule has 1 fully saturated rings. The second kappa shape index (κ2) is 7.76. The maximum Gasteiger partial charge on any atom is 0.251 e. The van der Waals surface area contributed by atoms with E-state index in [1.54, 1.807) is 6.07 Å². The smallest absolute Gasteiger partial charge is 0.251 e. The Kier molecular flexibility index (Phi) is 6.00. The Balaban J connectivity index is 1.97. The van der Waals surface area contributed by atoms with Gasteiger partial charge in [0, 0.05) is 30.4 Å². The van der Waals surface area contributed by atoms with Crippen LogP contribution < -0.4 is 5.32 Å². The zero-order valence-electron chi connectivity index (χ0n) is 12.9. The first-order valence-electron chi connectivity index (χ1n) is 7.82. The molecule has 116 valence electrons. The van der Waals surface area contributed by atoms with E-state index >= 15 is 0 Å². The number of aryl methyl sites for hydroxylation is 1. The molecule has 1 aliphatic rings. The van der Waals surface area contributed by atoms with Crippen molar-refractivity contribution in [2.24, 2.45) is 0 Å². The summed E-state index contributed by atoms with van der Waals surface area (Å²) in [5.74, 6) is -0.0356. The Bertz CT molecular complexity index is 484. The number of hydrogen-bond acceptors (Lipinski definition) is 3. The Hall–Kier alpha value is -1.13. The summed E-state index contributed by atoms with van der Waals surface area (Å²) < 4.78 is 0. The number of nitrogens with zero attached hydrogens (tertiary/aromatic N) is 2. The summed E-state index contributed by atoms with van der Waals surface area (Å²) in [4.78, 5) is 19.0. The van der Waals surface area contributed by atoms with E-state index in [4.69, 9.17) is 11.6 Å². The topological polar surface area (TPSA) is 45.2 Å². The molecule has 0 aliphatic carbocycles. The number of halogens is 1. The fraction of sp³-hybridized carbons (Fsp3) is 0.625. The van der Waals surface area contributed by atoms with Gasteiger partial charge >= 0.3 is 0 Å². The van der Waals surface area contributed by atoms with Gasteiger partial charge in [-0.2, -0.15) is 0 Å². The molecule has 0 spiro atoms. The van der Waals surface area contributed by atoms with E-state index in [1.807, 2.05) is 6.07 Å². The van der Waals surface area contributed by atoms with Crippen molar-refractivity contribution in [2.75, 3.05) is 19.6 Å². The fourth-order valence-corrected chi connectivity index (χ4v) is 2.95. The molecule has 1 saturated heterocycles. The highest BCUT2D eigenvalue weighted by Gasteiger charge is 2.20. The number of nitrogens with one attached hydrogen (secondary N) is 1. The number of likely N-dealkylation sites (tertiary alicyclic amines) is 1. The normalized spacial score (nSPS) is 16.9. The van der Waals surface area contributed by atoms with E-state index in [2.05, 4.69) is 29.0 Å². The van der Waals surface area contributed by atoms with Crippen LogP contribution in [0, 0.1) is 0 Å². The van der Waals surface area contributed by atoms with Gasteiger partial charge in [-0.1, -0.05) is 31.9 Å². The minimum absolute atomic E-state index is 0.0356. The summed E-state index contributed by atoms with van der Waals surface area (Å²) >= 11 is 6.01. The van der Waals surface area contributed by atoms with E-state index in [1.165, 1.54) is 0 Å². The Labute approximate surface area is 131 Å². The summed E-state index contributed by atoms with van der Waals surface area (Å²) in [6.07, 6.45) is 3.86.